The molecule has 0 aliphatic carbocycles. The summed E-state index contributed by atoms with van der Waals surface area (Å²) in [4.78, 5) is 6.80. The van der Waals surface area contributed by atoms with E-state index < -0.39 is 0 Å². The molecule has 2 heterocycles. The highest BCUT2D eigenvalue weighted by Crippen LogP contribution is 2.11. The zero-order valence-electron chi connectivity index (χ0n) is 9.48. The van der Waals surface area contributed by atoms with Gasteiger partial charge in [0.1, 0.15) is 5.82 Å². The first kappa shape index (κ1) is 15.5. The highest BCUT2D eigenvalue weighted by molar-refractivity contribution is 5.85. The number of pyridine rings is 1. The number of rotatable bonds is 2. The quantitative estimate of drug-likeness (QED) is 0.884. The van der Waals surface area contributed by atoms with Crippen molar-refractivity contribution in [2.24, 2.45) is 0 Å². The van der Waals surface area contributed by atoms with Crippen molar-refractivity contribution in [3.8, 4) is 0 Å². The van der Waals surface area contributed by atoms with E-state index in [0.717, 1.165) is 38.4 Å². The van der Waals surface area contributed by atoms with Gasteiger partial charge in [0.25, 0.3) is 0 Å². The third-order valence-corrected chi connectivity index (χ3v) is 2.66. The fraction of sp³-hybridized carbons (Fsp3) is 0.545. The van der Waals surface area contributed by atoms with Gasteiger partial charge in [-0.2, -0.15) is 0 Å². The molecule has 92 valence electrons. The summed E-state index contributed by atoms with van der Waals surface area (Å²) < 4.78 is 0. The first-order chi connectivity index (χ1) is 6.90. The van der Waals surface area contributed by atoms with E-state index >= 15 is 0 Å². The van der Waals surface area contributed by atoms with Crippen LogP contribution in [0.25, 0.3) is 0 Å². The molecular formula is C11H19Cl2N3. The van der Waals surface area contributed by atoms with E-state index in [-0.39, 0.29) is 24.8 Å². The van der Waals surface area contributed by atoms with Gasteiger partial charge in [-0.1, -0.05) is 13.0 Å². The monoisotopic (exact) mass is 263 g/mol. The minimum Gasteiger partial charge on any atom is -0.354 e. The van der Waals surface area contributed by atoms with Gasteiger partial charge in [0.15, 0.2) is 0 Å². The topological polar surface area (TPSA) is 28.2 Å². The van der Waals surface area contributed by atoms with Crippen LogP contribution >= 0.6 is 24.8 Å². The van der Waals surface area contributed by atoms with Crippen molar-refractivity contribution in [1.82, 2.24) is 10.3 Å². The summed E-state index contributed by atoms with van der Waals surface area (Å²) in [5, 5.41) is 3.34. The zero-order valence-corrected chi connectivity index (χ0v) is 11.1. The molecule has 1 aromatic rings. The molecule has 0 unspecified atom stereocenters. The number of hydrogen-bond acceptors (Lipinski definition) is 3. The Kier molecular flexibility index (Phi) is 7.47. The number of halogens is 2. The third-order valence-electron chi connectivity index (χ3n) is 2.66. The van der Waals surface area contributed by atoms with E-state index in [1.807, 2.05) is 6.20 Å². The van der Waals surface area contributed by atoms with Gasteiger partial charge in [-0.3, -0.25) is 0 Å². The van der Waals surface area contributed by atoms with Gasteiger partial charge in [-0.25, -0.2) is 4.98 Å². The number of hydrogen-bond donors (Lipinski definition) is 1. The second-order valence-electron chi connectivity index (χ2n) is 3.62. The average Bonchev–Trinajstić information content (AvgIpc) is 2.30. The van der Waals surface area contributed by atoms with Crippen LogP contribution in [0.3, 0.4) is 0 Å². The molecule has 0 amide bonds. The van der Waals surface area contributed by atoms with E-state index in [2.05, 4.69) is 34.3 Å². The Morgan fingerprint density at radius 1 is 1.25 bits per heavy atom. The van der Waals surface area contributed by atoms with Gasteiger partial charge in [0.2, 0.25) is 0 Å². The molecule has 2 rings (SSSR count). The molecule has 5 heteroatoms. The Morgan fingerprint density at radius 3 is 2.44 bits per heavy atom. The van der Waals surface area contributed by atoms with Crippen molar-refractivity contribution < 1.29 is 0 Å². The molecule has 3 nitrogen and oxygen atoms in total. The van der Waals surface area contributed by atoms with Crippen LogP contribution in [0.2, 0.25) is 0 Å². The molecule has 0 radical (unpaired) electrons. The second-order valence-corrected chi connectivity index (χ2v) is 3.62. The van der Waals surface area contributed by atoms with Crippen LogP contribution in [0.5, 0.6) is 0 Å². The molecule has 1 aliphatic heterocycles. The summed E-state index contributed by atoms with van der Waals surface area (Å²) >= 11 is 0. The van der Waals surface area contributed by atoms with Crippen LogP contribution in [-0.4, -0.2) is 31.2 Å². The molecule has 1 aliphatic rings. The predicted octanol–water partition coefficient (Wildman–Crippen LogP) is 1.90. The molecule has 0 bridgehead atoms. The molecule has 0 saturated carbocycles. The Balaban J connectivity index is 0.00000112. The zero-order chi connectivity index (χ0) is 9.80. The van der Waals surface area contributed by atoms with Crippen molar-refractivity contribution in [2.75, 3.05) is 31.1 Å². The molecule has 16 heavy (non-hydrogen) atoms. The van der Waals surface area contributed by atoms with E-state index in [0.29, 0.717) is 0 Å². The van der Waals surface area contributed by atoms with Crippen LogP contribution in [-0.2, 0) is 6.42 Å². The fourth-order valence-corrected chi connectivity index (χ4v) is 1.71. The molecule has 1 fully saturated rings. The lowest BCUT2D eigenvalue weighted by molar-refractivity contribution is 0.585. The van der Waals surface area contributed by atoms with Gasteiger partial charge < -0.3 is 10.2 Å². The van der Waals surface area contributed by atoms with E-state index in [1.165, 1.54) is 5.56 Å². The van der Waals surface area contributed by atoms with Gasteiger partial charge >= 0.3 is 0 Å². The molecule has 0 atom stereocenters. The van der Waals surface area contributed by atoms with Crippen molar-refractivity contribution in [1.29, 1.82) is 0 Å². The van der Waals surface area contributed by atoms with Crippen molar-refractivity contribution in [3.05, 3.63) is 23.9 Å². The number of nitrogens with one attached hydrogen (secondary N) is 1. The Bertz CT molecular complexity index is 284. The van der Waals surface area contributed by atoms with Crippen LogP contribution in [0.1, 0.15) is 12.5 Å². The predicted molar refractivity (Wildman–Crippen MR) is 73.2 cm³/mol. The Labute approximate surface area is 109 Å². The Morgan fingerprint density at radius 2 is 1.94 bits per heavy atom. The number of aryl methyl sites for hydroxylation is 1. The number of anilines is 1. The van der Waals surface area contributed by atoms with E-state index in [1.54, 1.807) is 0 Å². The summed E-state index contributed by atoms with van der Waals surface area (Å²) in [6.07, 6.45) is 3.05. The lowest BCUT2D eigenvalue weighted by Crippen LogP contribution is -2.43. The molecule has 0 spiro atoms. The minimum atomic E-state index is 0. The summed E-state index contributed by atoms with van der Waals surface area (Å²) in [6, 6.07) is 4.30. The van der Waals surface area contributed by atoms with E-state index in [9.17, 15) is 0 Å². The van der Waals surface area contributed by atoms with Crippen molar-refractivity contribution >= 4 is 30.6 Å². The SMILES string of the molecule is CCc1ccc(N2CCNCC2)nc1.Cl.Cl. The maximum atomic E-state index is 4.47. The molecule has 1 N–H and O–H groups in total. The standard InChI is InChI=1S/C11H17N3.2ClH/c1-2-10-3-4-11(13-9-10)14-7-5-12-6-8-14;;/h3-4,9,12H,2,5-8H2,1H3;2*1H. The largest absolute Gasteiger partial charge is 0.354 e. The van der Waals surface area contributed by atoms with Crippen LogP contribution in [0, 0.1) is 0 Å². The highest BCUT2D eigenvalue weighted by Gasteiger charge is 2.10. The fourth-order valence-electron chi connectivity index (χ4n) is 1.71. The first-order valence-electron chi connectivity index (χ1n) is 5.30. The van der Waals surface area contributed by atoms with Gasteiger partial charge in [0, 0.05) is 32.4 Å². The molecule has 1 saturated heterocycles. The maximum absolute atomic E-state index is 4.47. The van der Waals surface area contributed by atoms with Crippen LogP contribution < -0.4 is 10.2 Å². The number of aromatic nitrogens is 1. The van der Waals surface area contributed by atoms with Crippen molar-refractivity contribution in [2.45, 2.75) is 13.3 Å². The summed E-state index contributed by atoms with van der Waals surface area (Å²) in [6.45, 7) is 6.42. The normalized spacial score (nSPS) is 14.9. The second kappa shape index (κ2) is 7.71. The summed E-state index contributed by atoms with van der Waals surface area (Å²) in [5.41, 5.74) is 1.31. The summed E-state index contributed by atoms with van der Waals surface area (Å²) in [7, 11) is 0. The average molecular weight is 264 g/mol. The third kappa shape index (κ3) is 3.81. The van der Waals surface area contributed by atoms with Crippen LogP contribution in [0.4, 0.5) is 5.82 Å². The number of nitrogens with zero attached hydrogens (tertiary/aromatic N) is 2. The number of piperazine rings is 1. The van der Waals surface area contributed by atoms with E-state index in [4.69, 9.17) is 0 Å². The maximum Gasteiger partial charge on any atom is 0.128 e. The Hall–Kier alpha value is -0.510. The highest BCUT2D eigenvalue weighted by atomic mass is 35.5. The lowest BCUT2D eigenvalue weighted by atomic mass is 10.2. The molecule has 1 aromatic heterocycles. The minimum absolute atomic E-state index is 0. The lowest BCUT2D eigenvalue weighted by Gasteiger charge is -2.28. The van der Waals surface area contributed by atoms with Crippen LogP contribution in [0.15, 0.2) is 18.3 Å². The first-order valence-corrected chi connectivity index (χ1v) is 5.30. The smallest absolute Gasteiger partial charge is 0.128 e. The molecule has 0 aromatic carbocycles. The summed E-state index contributed by atoms with van der Waals surface area (Å²) in [5.74, 6) is 1.11. The van der Waals surface area contributed by atoms with Gasteiger partial charge in [0.05, 0.1) is 0 Å². The van der Waals surface area contributed by atoms with Crippen molar-refractivity contribution in [3.63, 3.8) is 0 Å². The van der Waals surface area contributed by atoms with Gasteiger partial charge in [-0.15, -0.1) is 24.8 Å². The van der Waals surface area contributed by atoms with Gasteiger partial charge in [-0.05, 0) is 18.1 Å². The molecular weight excluding hydrogens is 245 g/mol.